The zero-order valence-corrected chi connectivity index (χ0v) is 7.68. The zero-order valence-electron chi connectivity index (χ0n) is 6.03. The quantitative estimate of drug-likeness (QED) is 0.571. The van der Waals surface area contributed by atoms with Gasteiger partial charge in [0.05, 0.1) is 12.0 Å². The molecule has 0 aliphatic rings. The average Bonchev–Trinajstić information content (AvgIpc) is 2.06. The summed E-state index contributed by atoms with van der Waals surface area (Å²) in [7, 11) is 3.86. The van der Waals surface area contributed by atoms with Crippen molar-refractivity contribution in [1.82, 2.24) is 0 Å². The molecule has 1 aromatic carbocycles. The first-order valence-corrected chi connectivity index (χ1v) is 5.61. The lowest BCUT2D eigenvalue weighted by Crippen LogP contribution is -2.04. The molecule has 4 heteroatoms. The van der Waals surface area contributed by atoms with Gasteiger partial charge in [-0.15, -0.1) is 9.43 Å². The van der Waals surface area contributed by atoms with Gasteiger partial charge in [0.1, 0.15) is 0 Å². The van der Waals surface area contributed by atoms with Crippen LogP contribution in [-0.4, -0.2) is 11.3 Å². The van der Waals surface area contributed by atoms with E-state index in [1.54, 1.807) is 24.3 Å². The van der Waals surface area contributed by atoms with Crippen LogP contribution in [0.15, 0.2) is 35.2 Å². The van der Waals surface area contributed by atoms with E-state index in [1.807, 2.05) is 6.07 Å². The Morgan fingerprint density at radius 2 is 1.91 bits per heavy atom. The summed E-state index contributed by atoms with van der Waals surface area (Å²) in [5.41, 5.74) is 0. The zero-order chi connectivity index (χ0) is 8.32. The molecule has 0 saturated heterocycles. The Morgan fingerprint density at radius 1 is 1.36 bits per heavy atom. The summed E-state index contributed by atoms with van der Waals surface area (Å²) in [6, 6.07) is 8.72. The second-order valence-electron chi connectivity index (χ2n) is 2.00. The highest BCUT2D eigenvalue weighted by atomic mass is 35.7. The lowest BCUT2D eigenvalue weighted by atomic mass is 10.4. The molecule has 0 spiro atoms. The van der Waals surface area contributed by atoms with Crippen LogP contribution < -0.4 is 0 Å². The van der Waals surface area contributed by atoms with Crippen LogP contribution in [0.4, 0.5) is 0 Å². The summed E-state index contributed by atoms with van der Waals surface area (Å²) < 4.78 is 16.0. The van der Waals surface area contributed by atoms with E-state index in [4.69, 9.17) is 10.7 Å². The lowest BCUT2D eigenvalue weighted by molar-refractivity contribution is 0.440. The van der Waals surface area contributed by atoms with Crippen LogP contribution in [0, 0.1) is 0 Å². The molecule has 0 aromatic heterocycles. The molecule has 0 aliphatic heterocycles. The van der Waals surface area contributed by atoms with E-state index in [2.05, 4.69) is 4.18 Å². The van der Waals surface area contributed by atoms with Gasteiger partial charge in [-0.2, -0.15) is 4.21 Å². The fraction of sp³-hybridized carbons (Fsp3) is 0.143. The number of thiol groups is 1. The first-order valence-electron chi connectivity index (χ1n) is 3.08. The van der Waals surface area contributed by atoms with Crippen molar-refractivity contribution >= 4 is 20.1 Å². The molecule has 2 nitrogen and oxygen atoms in total. The van der Waals surface area contributed by atoms with E-state index in [9.17, 15) is 4.21 Å². The summed E-state index contributed by atoms with van der Waals surface area (Å²) in [4.78, 5) is 0.532. The molecule has 0 unspecified atom stereocenters. The lowest BCUT2D eigenvalue weighted by Gasteiger charge is -2.18. The Kier molecular flexibility index (Phi) is 2.65. The summed E-state index contributed by atoms with van der Waals surface area (Å²) in [6.07, 6.45) is 0. The minimum Gasteiger partial charge on any atom is -0.276 e. The molecule has 0 heterocycles. The van der Waals surface area contributed by atoms with E-state index in [-0.39, 0.29) is 0 Å². The van der Waals surface area contributed by atoms with Crippen molar-refractivity contribution in [3.05, 3.63) is 30.3 Å². The molecule has 0 radical (unpaired) electrons. The van der Waals surface area contributed by atoms with E-state index in [0.29, 0.717) is 4.90 Å². The summed E-state index contributed by atoms with van der Waals surface area (Å²) >= 11 is 0. The highest BCUT2D eigenvalue weighted by molar-refractivity contribution is 8.20. The summed E-state index contributed by atoms with van der Waals surface area (Å²) in [5, 5.41) is 0. The van der Waals surface area contributed by atoms with Crippen molar-refractivity contribution in [1.29, 1.82) is 0 Å². The fourth-order valence-corrected chi connectivity index (χ4v) is 1.79. The second kappa shape index (κ2) is 3.34. The molecule has 0 saturated carbocycles. The molecule has 0 fully saturated rings. The average molecular weight is 193 g/mol. The van der Waals surface area contributed by atoms with Crippen LogP contribution in [0.1, 0.15) is 0 Å². The van der Waals surface area contributed by atoms with Crippen LogP contribution in [0.25, 0.3) is 0 Å². The number of hydrogen-bond donors (Lipinski definition) is 1. The van der Waals surface area contributed by atoms with Gasteiger partial charge in [-0.25, -0.2) is 0 Å². The highest BCUT2D eigenvalue weighted by Crippen LogP contribution is 2.22. The number of halogens is 1. The monoisotopic (exact) mass is 192 g/mol. The van der Waals surface area contributed by atoms with E-state index in [0.717, 1.165) is 0 Å². The van der Waals surface area contributed by atoms with Crippen LogP contribution in [0.2, 0.25) is 0 Å². The van der Waals surface area contributed by atoms with Gasteiger partial charge in [-0.3, -0.25) is 4.18 Å². The first kappa shape index (κ1) is 8.71. The summed E-state index contributed by atoms with van der Waals surface area (Å²) in [5.74, 6) is 0. The third kappa shape index (κ3) is 2.02. The minimum absolute atomic E-state index is 0.532. The molecule has 11 heavy (non-hydrogen) atoms. The Bertz CT molecular complexity index is 273. The number of hydrogen-bond acceptors (Lipinski definition) is 2. The maximum Gasteiger partial charge on any atom is 0.0672 e. The maximum atomic E-state index is 11.3. The van der Waals surface area contributed by atoms with Gasteiger partial charge >= 0.3 is 0 Å². The SMILES string of the molecule is CO[SH](=O)(Cl)c1ccccc1. The van der Waals surface area contributed by atoms with Crippen molar-refractivity contribution in [3.63, 3.8) is 0 Å². The second-order valence-corrected chi connectivity index (χ2v) is 5.17. The van der Waals surface area contributed by atoms with E-state index >= 15 is 0 Å². The highest BCUT2D eigenvalue weighted by Gasteiger charge is 2.05. The molecule has 0 atom stereocenters. The normalized spacial score (nSPS) is 12.9. The van der Waals surface area contributed by atoms with Gasteiger partial charge in [0.2, 0.25) is 0 Å². The van der Waals surface area contributed by atoms with Gasteiger partial charge in [0.25, 0.3) is 0 Å². The van der Waals surface area contributed by atoms with Crippen LogP contribution >= 0.6 is 10.7 Å². The van der Waals surface area contributed by atoms with Crippen molar-refractivity contribution < 1.29 is 8.39 Å². The van der Waals surface area contributed by atoms with Crippen molar-refractivity contribution in [3.8, 4) is 0 Å². The Balaban J connectivity index is 3.03. The van der Waals surface area contributed by atoms with Gasteiger partial charge in [-0.1, -0.05) is 18.2 Å². The van der Waals surface area contributed by atoms with Crippen molar-refractivity contribution in [2.45, 2.75) is 4.90 Å². The largest absolute Gasteiger partial charge is 0.276 e. The fourth-order valence-electron chi connectivity index (χ4n) is 0.711. The standard InChI is InChI=1S/C7H9ClO2S/c1-10-11(8,9)7-5-3-2-4-6-7/h2-6,11H,1H3. The van der Waals surface area contributed by atoms with Gasteiger partial charge in [0, 0.05) is 10.7 Å². The van der Waals surface area contributed by atoms with Crippen LogP contribution in [0.5, 0.6) is 0 Å². The molecular formula is C7H9ClO2S. The molecule has 0 N–H and O–H groups in total. The number of rotatable bonds is 2. The Hall–Kier alpha value is -0.380. The van der Waals surface area contributed by atoms with E-state index in [1.165, 1.54) is 7.11 Å². The molecule has 1 rings (SSSR count). The smallest absolute Gasteiger partial charge is 0.0672 e. The third-order valence-corrected chi connectivity index (χ3v) is 3.68. The Morgan fingerprint density at radius 3 is 2.36 bits per heavy atom. The van der Waals surface area contributed by atoms with Crippen molar-refractivity contribution in [2.75, 3.05) is 7.11 Å². The van der Waals surface area contributed by atoms with Crippen LogP contribution in [-0.2, 0) is 13.6 Å². The number of benzene rings is 1. The minimum atomic E-state index is -3.05. The van der Waals surface area contributed by atoms with Crippen LogP contribution in [0.3, 0.4) is 0 Å². The topological polar surface area (TPSA) is 26.3 Å². The first-order chi connectivity index (χ1) is 5.17. The molecule has 0 aliphatic carbocycles. The molecule has 0 amide bonds. The third-order valence-electron chi connectivity index (χ3n) is 1.30. The molecule has 0 bridgehead atoms. The van der Waals surface area contributed by atoms with Crippen molar-refractivity contribution in [2.24, 2.45) is 0 Å². The Labute approximate surface area is 71.3 Å². The predicted octanol–water partition coefficient (Wildman–Crippen LogP) is 1.78. The van der Waals surface area contributed by atoms with Gasteiger partial charge in [0.15, 0.2) is 0 Å². The van der Waals surface area contributed by atoms with E-state index < -0.39 is 9.43 Å². The van der Waals surface area contributed by atoms with Gasteiger partial charge < -0.3 is 0 Å². The molecule has 62 valence electrons. The molecule has 1 aromatic rings. The summed E-state index contributed by atoms with van der Waals surface area (Å²) in [6.45, 7) is 0. The maximum absolute atomic E-state index is 11.3. The molecular weight excluding hydrogens is 184 g/mol. The predicted molar refractivity (Wildman–Crippen MR) is 47.1 cm³/mol. The van der Waals surface area contributed by atoms with Gasteiger partial charge in [-0.05, 0) is 12.1 Å².